The Morgan fingerprint density at radius 3 is 2.51 bits per heavy atom. The van der Waals surface area contributed by atoms with Gasteiger partial charge >= 0.3 is 6.03 Å². The normalized spacial score (nSPS) is 14.9. The lowest BCUT2D eigenvalue weighted by Gasteiger charge is -2.26. The maximum atomic E-state index is 13.3. The Hall–Kier alpha value is -4.17. The largest absolute Gasteiger partial charge is 0.491 e. The molecular weight excluding hydrogens is 534 g/mol. The van der Waals surface area contributed by atoms with Crippen molar-refractivity contribution in [3.8, 4) is 5.75 Å². The first-order chi connectivity index (χ1) is 17.9. The SMILES string of the molecule is Cc1ccccc1OCCn1cc(/C=C2\C(=O)NC(=O)N(Cc3ccccc3)C2=O)c2cc(Br)ccc21. The molecule has 1 N–H and O–H groups in total. The Kier molecular flexibility index (Phi) is 6.92. The van der Waals surface area contributed by atoms with Gasteiger partial charge in [0.2, 0.25) is 0 Å². The molecule has 2 heterocycles. The lowest BCUT2D eigenvalue weighted by Crippen LogP contribution is -2.53. The number of urea groups is 1. The number of carbonyl (C=O) groups is 3. The van der Waals surface area contributed by atoms with Crippen LogP contribution in [0.4, 0.5) is 4.79 Å². The molecule has 1 aliphatic heterocycles. The van der Waals surface area contributed by atoms with Crippen LogP contribution in [-0.4, -0.2) is 33.9 Å². The minimum absolute atomic E-state index is 0.0691. The van der Waals surface area contributed by atoms with Crippen LogP contribution in [0.15, 0.2) is 89.0 Å². The van der Waals surface area contributed by atoms with Gasteiger partial charge in [-0.25, -0.2) is 4.79 Å². The van der Waals surface area contributed by atoms with Gasteiger partial charge in [-0.1, -0.05) is 64.5 Å². The standard InChI is InChI=1S/C29H24BrN3O4/c1-19-7-5-6-10-26(19)37-14-13-32-18-21(23-16-22(30)11-12-25(23)32)15-24-27(34)31-29(36)33(28(24)35)17-20-8-3-2-4-9-20/h2-12,15-16,18H,13-14,17H2,1H3,(H,31,34,36)/b24-15+. The average Bonchev–Trinajstić information content (AvgIpc) is 3.22. The summed E-state index contributed by atoms with van der Waals surface area (Å²) in [5, 5.41) is 3.16. The lowest BCUT2D eigenvalue weighted by molar-refractivity contribution is -0.130. The fourth-order valence-corrected chi connectivity index (χ4v) is 4.69. The van der Waals surface area contributed by atoms with Crippen LogP contribution in [-0.2, 0) is 22.7 Å². The molecule has 4 amide bonds. The summed E-state index contributed by atoms with van der Waals surface area (Å²) in [5.74, 6) is -0.508. The molecule has 8 heteroatoms. The quantitative estimate of drug-likeness (QED) is 0.242. The van der Waals surface area contributed by atoms with E-state index in [0.29, 0.717) is 18.7 Å². The topological polar surface area (TPSA) is 80.6 Å². The van der Waals surface area contributed by atoms with Crippen molar-refractivity contribution in [3.63, 3.8) is 0 Å². The number of carbonyl (C=O) groups excluding carboxylic acids is 3. The van der Waals surface area contributed by atoms with Crippen molar-refractivity contribution in [2.75, 3.05) is 6.61 Å². The molecule has 1 fully saturated rings. The fraction of sp³-hybridized carbons (Fsp3) is 0.138. The van der Waals surface area contributed by atoms with E-state index in [0.717, 1.165) is 37.2 Å². The summed E-state index contributed by atoms with van der Waals surface area (Å²) >= 11 is 3.52. The van der Waals surface area contributed by atoms with E-state index in [4.69, 9.17) is 4.74 Å². The molecule has 0 saturated carbocycles. The number of rotatable bonds is 7. The number of halogens is 1. The molecule has 0 radical (unpaired) electrons. The van der Waals surface area contributed by atoms with Gasteiger partial charge in [0.1, 0.15) is 17.9 Å². The summed E-state index contributed by atoms with van der Waals surface area (Å²) in [6.07, 6.45) is 3.44. The fourth-order valence-electron chi connectivity index (χ4n) is 4.33. The average molecular weight is 558 g/mol. The van der Waals surface area contributed by atoms with Gasteiger partial charge in [-0.15, -0.1) is 0 Å². The Bertz CT molecular complexity index is 1540. The van der Waals surface area contributed by atoms with E-state index in [1.165, 1.54) is 0 Å². The molecule has 0 bridgehead atoms. The maximum absolute atomic E-state index is 13.3. The Morgan fingerprint density at radius 2 is 1.73 bits per heavy atom. The lowest BCUT2D eigenvalue weighted by atomic mass is 10.1. The highest BCUT2D eigenvalue weighted by atomic mass is 79.9. The number of nitrogens with zero attached hydrogens (tertiary/aromatic N) is 2. The van der Waals surface area contributed by atoms with E-state index < -0.39 is 17.8 Å². The van der Waals surface area contributed by atoms with Crippen LogP contribution in [0.3, 0.4) is 0 Å². The highest BCUT2D eigenvalue weighted by Gasteiger charge is 2.35. The number of aryl methyl sites for hydroxylation is 1. The van der Waals surface area contributed by atoms with Crippen LogP contribution in [0.5, 0.6) is 5.75 Å². The number of imide groups is 2. The predicted molar refractivity (Wildman–Crippen MR) is 145 cm³/mol. The van der Waals surface area contributed by atoms with E-state index >= 15 is 0 Å². The zero-order valence-corrected chi connectivity index (χ0v) is 21.7. The van der Waals surface area contributed by atoms with E-state index in [9.17, 15) is 14.4 Å². The Morgan fingerprint density at radius 1 is 0.973 bits per heavy atom. The van der Waals surface area contributed by atoms with Gasteiger partial charge in [0.25, 0.3) is 11.8 Å². The first kappa shape index (κ1) is 24.5. The molecule has 0 aliphatic carbocycles. The molecule has 0 atom stereocenters. The zero-order chi connectivity index (χ0) is 25.9. The summed E-state index contributed by atoms with van der Waals surface area (Å²) in [6.45, 7) is 3.08. The number of ether oxygens (including phenoxy) is 1. The third-order valence-electron chi connectivity index (χ3n) is 6.23. The number of nitrogens with one attached hydrogen (secondary N) is 1. The van der Waals surface area contributed by atoms with Crippen LogP contribution in [0.25, 0.3) is 17.0 Å². The van der Waals surface area contributed by atoms with E-state index in [2.05, 4.69) is 21.2 Å². The summed E-state index contributed by atoms with van der Waals surface area (Å²) in [7, 11) is 0. The van der Waals surface area contributed by atoms with Gasteiger partial charge in [0.15, 0.2) is 0 Å². The van der Waals surface area contributed by atoms with Gasteiger partial charge in [-0.3, -0.25) is 19.8 Å². The van der Waals surface area contributed by atoms with Crippen LogP contribution < -0.4 is 10.1 Å². The van der Waals surface area contributed by atoms with Crippen LogP contribution in [0.2, 0.25) is 0 Å². The third kappa shape index (κ3) is 5.20. The number of aromatic nitrogens is 1. The third-order valence-corrected chi connectivity index (χ3v) is 6.72. The molecule has 1 aromatic heterocycles. The molecule has 5 rings (SSSR count). The van der Waals surface area contributed by atoms with Crippen molar-refractivity contribution in [1.29, 1.82) is 0 Å². The van der Waals surface area contributed by atoms with Gasteiger partial charge < -0.3 is 9.30 Å². The molecule has 1 saturated heterocycles. The number of benzene rings is 3. The molecule has 37 heavy (non-hydrogen) atoms. The van der Waals surface area contributed by atoms with Crippen LogP contribution >= 0.6 is 15.9 Å². The minimum Gasteiger partial charge on any atom is -0.491 e. The number of fused-ring (bicyclic) bond motifs is 1. The van der Waals surface area contributed by atoms with Gasteiger partial charge in [-0.2, -0.15) is 0 Å². The molecule has 186 valence electrons. The van der Waals surface area contributed by atoms with Gasteiger partial charge in [-0.05, 0) is 48.4 Å². The first-order valence-corrected chi connectivity index (χ1v) is 12.6. The summed E-state index contributed by atoms with van der Waals surface area (Å²) in [4.78, 5) is 39.5. The molecule has 1 aliphatic rings. The second kappa shape index (κ2) is 10.4. The molecule has 4 aromatic rings. The van der Waals surface area contributed by atoms with Crippen molar-refractivity contribution in [2.45, 2.75) is 20.0 Å². The van der Waals surface area contributed by atoms with E-state index in [1.54, 1.807) is 6.08 Å². The molecular formula is C29H24BrN3O4. The van der Waals surface area contributed by atoms with Crippen molar-refractivity contribution in [3.05, 3.63) is 106 Å². The zero-order valence-electron chi connectivity index (χ0n) is 20.1. The summed E-state index contributed by atoms with van der Waals surface area (Å²) < 4.78 is 8.88. The minimum atomic E-state index is -0.727. The van der Waals surface area contributed by atoms with Crippen molar-refractivity contribution < 1.29 is 19.1 Å². The number of amides is 4. The van der Waals surface area contributed by atoms with Gasteiger partial charge in [0, 0.05) is 27.1 Å². The van der Waals surface area contributed by atoms with E-state index in [-0.39, 0.29) is 12.1 Å². The summed E-state index contributed by atoms with van der Waals surface area (Å²) in [5.41, 5.74) is 3.38. The maximum Gasteiger partial charge on any atom is 0.331 e. The van der Waals surface area contributed by atoms with Crippen molar-refractivity contribution in [2.24, 2.45) is 0 Å². The number of hydrogen-bond acceptors (Lipinski definition) is 4. The first-order valence-electron chi connectivity index (χ1n) is 11.8. The van der Waals surface area contributed by atoms with Crippen molar-refractivity contribution in [1.82, 2.24) is 14.8 Å². The second-order valence-electron chi connectivity index (χ2n) is 8.75. The highest BCUT2D eigenvalue weighted by molar-refractivity contribution is 9.10. The van der Waals surface area contributed by atoms with Gasteiger partial charge in [0.05, 0.1) is 13.1 Å². The van der Waals surface area contributed by atoms with E-state index in [1.807, 2.05) is 90.5 Å². The second-order valence-corrected chi connectivity index (χ2v) is 9.66. The molecule has 3 aromatic carbocycles. The number of hydrogen-bond donors (Lipinski definition) is 1. The monoisotopic (exact) mass is 557 g/mol. The molecule has 0 unspecified atom stereocenters. The number of barbiturate groups is 1. The van der Waals surface area contributed by atoms with Crippen molar-refractivity contribution >= 4 is 50.8 Å². The summed E-state index contributed by atoms with van der Waals surface area (Å²) in [6, 6.07) is 22.1. The number of para-hydroxylation sites is 1. The molecule has 7 nitrogen and oxygen atoms in total. The predicted octanol–water partition coefficient (Wildman–Crippen LogP) is 5.45. The smallest absolute Gasteiger partial charge is 0.331 e. The van der Waals surface area contributed by atoms with Crippen LogP contribution in [0.1, 0.15) is 16.7 Å². The Labute approximate surface area is 222 Å². The molecule has 0 spiro atoms. The highest BCUT2D eigenvalue weighted by Crippen LogP contribution is 2.28. The van der Waals surface area contributed by atoms with Crippen LogP contribution in [0, 0.1) is 6.92 Å². The Balaban J connectivity index is 1.45.